The van der Waals surface area contributed by atoms with Crippen molar-refractivity contribution in [2.24, 2.45) is 0 Å². The van der Waals surface area contributed by atoms with Crippen molar-refractivity contribution in [2.75, 3.05) is 18.4 Å². The second-order valence-corrected chi connectivity index (χ2v) is 7.70. The molecule has 0 radical (unpaired) electrons. The molecule has 6 nitrogen and oxygen atoms in total. The molecule has 0 spiro atoms. The number of aliphatic hydroxyl groups is 1. The Morgan fingerprint density at radius 3 is 2.73 bits per heavy atom. The van der Waals surface area contributed by atoms with Crippen LogP contribution in [0.4, 0.5) is 9.93 Å². The summed E-state index contributed by atoms with van der Waals surface area (Å²) in [5.41, 5.74) is 1.15. The van der Waals surface area contributed by atoms with Crippen LogP contribution >= 0.6 is 11.3 Å². The third-order valence-electron chi connectivity index (χ3n) is 4.76. The van der Waals surface area contributed by atoms with Crippen molar-refractivity contribution in [3.8, 4) is 0 Å². The number of urea groups is 1. The molecule has 0 unspecified atom stereocenters. The maximum atomic E-state index is 12.5. The molecule has 1 aromatic carbocycles. The van der Waals surface area contributed by atoms with Crippen LogP contribution in [0.5, 0.6) is 0 Å². The monoisotopic (exact) mass is 368 g/mol. The lowest BCUT2D eigenvalue weighted by molar-refractivity contribution is -0.0104. The zero-order valence-corrected chi connectivity index (χ0v) is 15.1. The quantitative estimate of drug-likeness (QED) is 0.744. The molecule has 3 aromatic rings. The molecule has 26 heavy (non-hydrogen) atoms. The van der Waals surface area contributed by atoms with E-state index in [1.54, 1.807) is 17.3 Å². The first kappa shape index (κ1) is 16.9. The molecule has 134 valence electrons. The third kappa shape index (κ3) is 3.68. The van der Waals surface area contributed by atoms with Gasteiger partial charge in [-0.05, 0) is 24.5 Å². The molecule has 0 aliphatic carbocycles. The number of carbonyl (C=O) groups is 1. The second-order valence-electron chi connectivity index (χ2n) is 6.67. The Hall–Kier alpha value is -2.51. The smallest absolute Gasteiger partial charge is 0.323 e. The summed E-state index contributed by atoms with van der Waals surface area (Å²) in [7, 11) is 0. The number of nitrogens with zero attached hydrogens (tertiary/aromatic N) is 3. The van der Waals surface area contributed by atoms with Crippen LogP contribution < -0.4 is 5.32 Å². The number of likely N-dealkylation sites (tertiary alicyclic amines) is 1. The highest BCUT2D eigenvalue weighted by Gasteiger charge is 2.34. The van der Waals surface area contributed by atoms with Crippen LogP contribution in [0.25, 0.3) is 10.2 Å². The van der Waals surface area contributed by atoms with Crippen molar-refractivity contribution < 1.29 is 9.90 Å². The van der Waals surface area contributed by atoms with Gasteiger partial charge in [0, 0.05) is 25.7 Å². The van der Waals surface area contributed by atoms with Crippen LogP contribution in [0.1, 0.15) is 18.4 Å². The van der Waals surface area contributed by atoms with Gasteiger partial charge in [0.1, 0.15) is 5.52 Å². The number of anilines is 1. The maximum Gasteiger partial charge on any atom is 0.323 e. The molecule has 1 saturated heterocycles. The van der Waals surface area contributed by atoms with E-state index in [1.807, 2.05) is 36.4 Å². The normalized spacial score (nSPS) is 16.6. The molecule has 4 rings (SSSR count). The summed E-state index contributed by atoms with van der Waals surface area (Å²) in [5, 5.41) is 14.3. The fourth-order valence-corrected chi connectivity index (χ4v) is 4.11. The first-order valence-electron chi connectivity index (χ1n) is 8.64. The van der Waals surface area contributed by atoms with Crippen LogP contribution in [0.15, 0.2) is 48.8 Å². The molecular weight excluding hydrogens is 348 g/mol. The Balaban J connectivity index is 1.35. The van der Waals surface area contributed by atoms with Gasteiger partial charge in [-0.2, -0.15) is 0 Å². The SMILES string of the molecule is O=C(Nc1nc2cnccc2s1)N1CCC(O)(Cc2ccccc2)CC1. The summed E-state index contributed by atoms with van der Waals surface area (Å²) in [4.78, 5) is 22.7. The van der Waals surface area contributed by atoms with E-state index in [4.69, 9.17) is 0 Å². The predicted molar refractivity (Wildman–Crippen MR) is 102 cm³/mol. The number of thiazole rings is 1. The van der Waals surface area contributed by atoms with Gasteiger partial charge in [0.05, 0.1) is 16.5 Å². The lowest BCUT2D eigenvalue weighted by atomic mass is 9.85. The van der Waals surface area contributed by atoms with E-state index in [2.05, 4.69) is 15.3 Å². The minimum Gasteiger partial charge on any atom is -0.389 e. The van der Waals surface area contributed by atoms with E-state index in [-0.39, 0.29) is 6.03 Å². The van der Waals surface area contributed by atoms with Crippen LogP contribution in [0, 0.1) is 0 Å². The minimum atomic E-state index is -0.750. The molecule has 1 fully saturated rings. The number of pyridine rings is 1. The molecule has 0 bridgehead atoms. The number of carbonyl (C=O) groups excluding carboxylic acids is 1. The van der Waals surface area contributed by atoms with Gasteiger partial charge in [-0.25, -0.2) is 9.78 Å². The van der Waals surface area contributed by atoms with E-state index in [0.717, 1.165) is 15.8 Å². The highest BCUT2D eigenvalue weighted by molar-refractivity contribution is 7.22. The number of benzene rings is 1. The van der Waals surface area contributed by atoms with Gasteiger partial charge < -0.3 is 10.0 Å². The summed E-state index contributed by atoms with van der Waals surface area (Å²) in [5.74, 6) is 0. The Labute approximate surface area is 155 Å². The van der Waals surface area contributed by atoms with Crippen molar-refractivity contribution in [3.05, 3.63) is 54.4 Å². The molecule has 3 heterocycles. The van der Waals surface area contributed by atoms with Crippen LogP contribution in [0.3, 0.4) is 0 Å². The number of rotatable bonds is 3. The average Bonchev–Trinajstić information content (AvgIpc) is 3.05. The highest BCUT2D eigenvalue weighted by atomic mass is 32.1. The highest BCUT2D eigenvalue weighted by Crippen LogP contribution is 2.28. The van der Waals surface area contributed by atoms with Gasteiger partial charge >= 0.3 is 6.03 Å². The summed E-state index contributed by atoms with van der Waals surface area (Å²) in [6.07, 6.45) is 5.16. The number of nitrogens with one attached hydrogen (secondary N) is 1. The van der Waals surface area contributed by atoms with E-state index in [9.17, 15) is 9.90 Å². The van der Waals surface area contributed by atoms with Crippen LogP contribution in [-0.2, 0) is 6.42 Å². The van der Waals surface area contributed by atoms with Crippen LogP contribution in [-0.4, -0.2) is 44.7 Å². The van der Waals surface area contributed by atoms with Gasteiger partial charge in [-0.15, -0.1) is 0 Å². The molecule has 2 N–H and O–H groups in total. The molecule has 1 aliphatic heterocycles. The molecule has 0 atom stereocenters. The van der Waals surface area contributed by atoms with Gasteiger partial charge in [0.25, 0.3) is 0 Å². The Morgan fingerprint density at radius 1 is 1.23 bits per heavy atom. The summed E-state index contributed by atoms with van der Waals surface area (Å²) in [6, 6.07) is 11.7. The Kier molecular flexibility index (Phi) is 4.57. The van der Waals surface area contributed by atoms with Gasteiger partial charge in [0.15, 0.2) is 5.13 Å². The molecule has 1 aliphatic rings. The summed E-state index contributed by atoms with van der Waals surface area (Å²) in [6.45, 7) is 1.06. The largest absolute Gasteiger partial charge is 0.389 e. The lowest BCUT2D eigenvalue weighted by Crippen LogP contribution is -2.48. The van der Waals surface area contributed by atoms with Gasteiger partial charge in [-0.3, -0.25) is 10.3 Å². The predicted octanol–water partition coefficient (Wildman–Crippen LogP) is 3.29. The standard InChI is InChI=1S/C19H20N4O2S/c24-18(22-17-21-15-13-20-9-6-16(15)26-17)23-10-7-19(25,8-11-23)12-14-4-2-1-3-5-14/h1-6,9,13,25H,7-8,10-12H2,(H,21,22,24). The zero-order valence-electron chi connectivity index (χ0n) is 14.3. The number of hydrogen-bond donors (Lipinski definition) is 2. The minimum absolute atomic E-state index is 0.168. The van der Waals surface area contributed by atoms with Crippen molar-refractivity contribution in [2.45, 2.75) is 24.9 Å². The maximum absolute atomic E-state index is 12.5. The van der Waals surface area contributed by atoms with E-state index < -0.39 is 5.60 Å². The molecule has 7 heteroatoms. The number of amides is 2. The first-order valence-corrected chi connectivity index (χ1v) is 9.46. The van der Waals surface area contributed by atoms with Crippen molar-refractivity contribution >= 4 is 32.7 Å². The Bertz CT molecular complexity index is 871. The molecule has 2 amide bonds. The fourth-order valence-electron chi connectivity index (χ4n) is 3.28. The van der Waals surface area contributed by atoms with Crippen molar-refractivity contribution in [1.29, 1.82) is 0 Å². The average molecular weight is 368 g/mol. The summed E-state index contributed by atoms with van der Waals surface area (Å²) < 4.78 is 0.992. The second kappa shape index (κ2) is 7.01. The Morgan fingerprint density at radius 2 is 2.00 bits per heavy atom. The number of hydrogen-bond acceptors (Lipinski definition) is 5. The molecule has 2 aromatic heterocycles. The van der Waals surface area contributed by atoms with E-state index in [0.29, 0.717) is 37.5 Å². The van der Waals surface area contributed by atoms with Gasteiger partial charge in [0.2, 0.25) is 0 Å². The van der Waals surface area contributed by atoms with E-state index >= 15 is 0 Å². The van der Waals surface area contributed by atoms with Crippen molar-refractivity contribution in [1.82, 2.24) is 14.9 Å². The zero-order chi connectivity index (χ0) is 18.0. The first-order chi connectivity index (χ1) is 12.6. The number of piperidine rings is 1. The summed E-state index contributed by atoms with van der Waals surface area (Å²) >= 11 is 1.43. The fraction of sp³-hybridized carbons (Fsp3) is 0.316. The van der Waals surface area contributed by atoms with Gasteiger partial charge in [-0.1, -0.05) is 41.7 Å². The lowest BCUT2D eigenvalue weighted by Gasteiger charge is -2.38. The van der Waals surface area contributed by atoms with E-state index in [1.165, 1.54) is 11.3 Å². The van der Waals surface area contributed by atoms with Crippen LogP contribution in [0.2, 0.25) is 0 Å². The van der Waals surface area contributed by atoms with Crippen molar-refractivity contribution in [3.63, 3.8) is 0 Å². The molecular formula is C19H20N4O2S. The number of aromatic nitrogens is 2. The third-order valence-corrected chi connectivity index (χ3v) is 5.71. The number of fused-ring (bicyclic) bond motifs is 1. The molecule has 0 saturated carbocycles. The topological polar surface area (TPSA) is 78.4 Å².